The van der Waals surface area contributed by atoms with Gasteiger partial charge in [-0.1, -0.05) is 0 Å². The highest BCUT2D eigenvalue weighted by Gasteiger charge is 2.30. The predicted octanol–water partition coefficient (Wildman–Crippen LogP) is 4.84. The summed E-state index contributed by atoms with van der Waals surface area (Å²) in [5, 5.41) is 5.62. The molecule has 0 atom stereocenters. The van der Waals surface area contributed by atoms with Crippen molar-refractivity contribution in [2.45, 2.75) is 0 Å². The number of amides is 1. The van der Waals surface area contributed by atoms with E-state index < -0.39 is 40.7 Å². The second-order valence-electron chi connectivity index (χ2n) is 8.32. The van der Waals surface area contributed by atoms with E-state index in [0.29, 0.717) is 35.4 Å². The Morgan fingerprint density at radius 2 is 1.37 bits per heavy atom. The molecule has 2 N–H and O–H groups in total. The first kappa shape index (κ1) is 25.7. The maximum Gasteiger partial charge on any atom is 0.257 e. The molecule has 0 bridgehead atoms. The lowest BCUT2D eigenvalue weighted by atomic mass is 10.2. The van der Waals surface area contributed by atoms with E-state index in [9.17, 15) is 26.7 Å². The molecule has 1 aliphatic rings. The molecule has 3 aromatic carbocycles. The van der Waals surface area contributed by atoms with Crippen LogP contribution in [0.2, 0.25) is 0 Å². The third kappa shape index (κ3) is 4.96. The summed E-state index contributed by atoms with van der Waals surface area (Å²) >= 11 is 6.29. The van der Waals surface area contributed by atoms with E-state index in [2.05, 4.69) is 19.4 Å². The topological polar surface area (TPSA) is 73.4 Å². The number of nitrogens with zero attached hydrogens (tertiary/aromatic N) is 4. The first-order valence-electron chi connectivity index (χ1n) is 11.2. The van der Waals surface area contributed by atoms with Crippen molar-refractivity contribution < 1.29 is 26.7 Å². The minimum absolute atomic E-state index is 0.0528. The number of benzene rings is 3. The Morgan fingerprint density at radius 3 is 2.03 bits per heavy atom. The zero-order valence-electron chi connectivity index (χ0n) is 19.3. The van der Waals surface area contributed by atoms with E-state index in [4.69, 9.17) is 12.2 Å². The number of halogens is 5. The number of hydrogen-bond donors (Lipinski definition) is 2. The number of thiocarbonyl (C=S) groups is 1. The van der Waals surface area contributed by atoms with E-state index in [1.165, 1.54) is 0 Å². The summed E-state index contributed by atoms with van der Waals surface area (Å²) in [5.74, 6) is -10.2. The van der Waals surface area contributed by atoms with Crippen LogP contribution in [0.25, 0.3) is 11.0 Å². The van der Waals surface area contributed by atoms with Crippen molar-refractivity contribution in [2.75, 3.05) is 41.3 Å². The molecule has 1 amide bonds. The molecular formula is C24H17F5N6OS2. The zero-order valence-corrected chi connectivity index (χ0v) is 20.9. The van der Waals surface area contributed by atoms with Crippen LogP contribution >= 0.6 is 23.9 Å². The molecule has 1 saturated heterocycles. The minimum Gasteiger partial charge on any atom is -0.368 e. The first-order valence-corrected chi connectivity index (χ1v) is 12.3. The van der Waals surface area contributed by atoms with Crippen molar-refractivity contribution in [3.8, 4) is 0 Å². The molecule has 4 aromatic rings. The maximum atomic E-state index is 14.2. The number of anilines is 3. The van der Waals surface area contributed by atoms with Crippen molar-refractivity contribution in [2.24, 2.45) is 0 Å². The number of carbonyl (C=O) groups is 1. The lowest BCUT2D eigenvalue weighted by Gasteiger charge is -2.37. The fraction of sp³-hybridized carbons (Fsp3) is 0.167. The Labute approximate surface area is 222 Å². The number of rotatable bonds is 4. The van der Waals surface area contributed by atoms with Crippen LogP contribution in [0.4, 0.5) is 39.0 Å². The van der Waals surface area contributed by atoms with Gasteiger partial charge in [0.2, 0.25) is 5.82 Å². The summed E-state index contributed by atoms with van der Waals surface area (Å²) in [6, 6.07) is 12.0. The predicted molar refractivity (Wildman–Crippen MR) is 138 cm³/mol. The van der Waals surface area contributed by atoms with Crippen molar-refractivity contribution in [3.63, 3.8) is 0 Å². The van der Waals surface area contributed by atoms with Gasteiger partial charge in [-0.05, 0) is 54.7 Å². The molecule has 2 heterocycles. The Bertz CT molecular complexity index is 1510. The average Bonchev–Trinajstić information content (AvgIpc) is 3.40. The number of nitrogens with one attached hydrogen (secondary N) is 2. The zero-order chi connectivity index (χ0) is 27.0. The standard InChI is InChI=1S/C24H17F5N6OS2/c25-17-18(26)20(28)22(21(29)19(17)27)35-9-7-34(8-10-35)14-4-2-13(3-5-14)30-24(37)31-23(36)12-1-6-15-16(11-12)33-38-32-15/h1-6,11H,7-10H2,(H2,30,31,36,37). The van der Waals surface area contributed by atoms with Gasteiger partial charge in [0.05, 0.1) is 11.7 Å². The first-order chi connectivity index (χ1) is 18.2. The summed E-state index contributed by atoms with van der Waals surface area (Å²) in [6.07, 6.45) is 0. The third-order valence-corrected chi connectivity index (χ3v) is 6.78. The van der Waals surface area contributed by atoms with E-state index in [1.54, 1.807) is 42.5 Å². The van der Waals surface area contributed by atoms with Crippen LogP contribution in [0, 0.1) is 29.1 Å². The van der Waals surface area contributed by atoms with Gasteiger partial charge < -0.3 is 15.1 Å². The molecule has 14 heteroatoms. The monoisotopic (exact) mass is 564 g/mol. The van der Waals surface area contributed by atoms with Gasteiger partial charge in [0.1, 0.15) is 16.7 Å². The lowest BCUT2D eigenvalue weighted by molar-refractivity contribution is 0.0978. The van der Waals surface area contributed by atoms with Crippen LogP contribution in [-0.2, 0) is 0 Å². The van der Waals surface area contributed by atoms with Crippen LogP contribution in [0.5, 0.6) is 0 Å². The van der Waals surface area contributed by atoms with E-state index >= 15 is 0 Å². The molecule has 5 rings (SSSR count). The quantitative estimate of drug-likeness (QED) is 0.159. The summed E-state index contributed by atoms with van der Waals surface area (Å²) in [7, 11) is 0. The molecule has 1 aromatic heterocycles. The molecule has 196 valence electrons. The van der Waals surface area contributed by atoms with Crippen molar-refractivity contribution >= 4 is 63.1 Å². The summed E-state index contributed by atoms with van der Waals surface area (Å²) in [5.41, 5.74) is 2.18. The second-order valence-corrected chi connectivity index (χ2v) is 9.25. The number of aromatic nitrogens is 2. The van der Waals surface area contributed by atoms with E-state index in [0.717, 1.165) is 22.3 Å². The van der Waals surface area contributed by atoms with Crippen molar-refractivity contribution in [1.29, 1.82) is 0 Å². The number of carbonyl (C=O) groups excluding carboxylic acids is 1. The number of fused-ring (bicyclic) bond motifs is 1. The molecule has 1 aliphatic heterocycles. The number of piperazine rings is 1. The van der Waals surface area contributed by atoms with Crippen LogP contribution in [-0.4, -0.2) is 45.9 Å². The highest BCUT2D eigenvalue weighted by molar-refractivity contribution is 7.80. The summed E-state index contributed by atoms with van der Waals surface area (Å²) in [6.45, 7) is 0.688. The fourth-order valence-corrected chi connectivity index (χ4v) is 4.80. The van der Waals surface area contributed by atoms with Crippen molar-refractivity contribution in [1.82, 2.24) is 14.1 Å². The van der Waals surface area contributed by atoms with Crippen LogP contribution in [0.15, 0.2) is 42.5 Å². The van der Waals surface area contributed by atoms with Gasteiger partial charge in [0, 0.05) is 43.1 Å². The maximum absolute atomic E-state index is 14.2. The highest BCUT2D eigenvalue weighted by atomic mass is 32.1. The molecule has 0 spiro atoms. The number of hydrogen-bond acceptors (Lipinski definition) is 7. The van der Waals surface area contributed by atoms with Crippen LogP contribution < -0.4 is 20.4 Å². The Hall–Kier alpha value is -3.91. The molecule has 0 aliphatic carbocycles. The van der Waals surface area contributed by atoms with Gasteiger partial charge in [-0.25, -0.2) is 22.0 Å². The normalized spacial score (nSPS) is 13.6. The Balaban J connectivity index is 1.18. The molecule has 0 saturated carbocycles. The van der Waals surface area contributed by atoms with E-state index in [1.807, 2.05) is 4.90 Å². The molecule has 38 heavy (non-hydrogen) atoms. The highest BCUT2D eigenvalue weighted by Crippen LogP contribution is 2.31. The third-order valence-electron chi connectivity index (χ3n) is 6.02. The van der Waals surface area contributed by atoms with Crippen LogP contribution in [0.1, 0.15) is 10.4 Å². The van der Waals surface area contributed by atoms with Crippen LogP contribution in [0.3, 0.4) is 0 Å². The summed E-state index contributed by atoms with van der Waals surface area (Å²) < 4.78 is 77.0. The van der Waals surface area contributed by atoms with E-state index in [-0.39, 0.29) is 18.2 Å². The van der Waals surface area contributed by atoms with Gasteiger partial charge in [0.15, 0.2) is 28.4 Å². The fourth-order valence-electron chi connectivity index (χ4n) is 4.08. The van der Waals surface area contributed by atoms with Gasteiger partial charge in [-0.15, -0.1) is 0 Å². The summed E-state index contributed by atoms with van der Waals surface area (Å²) in [4.78, 5) is 15.6. The molecule has 0 radical (unpaired) electrons. The Kier molecular flexibility index (Phi) is 7.08. The lowest BCUT2D eigenvalue weighted by Crippen LogP contribution is -2.47. The van der Waals surface area contributed by atoms with Gasteiger partial charge in [-0.3, -0.25) is 10.1 Å². The van der Waals surface area contributed by atoms with Gasteiger partial charge in [0.25, 0.3) is 5.91 Å². The molecular weight excluding hydrogens is 547 g/mol. The molecule has 1 fully saturated rings. The largest absolute Gasteiger partial charge is 0.368 e. The Morgan fingerprint density at radius 1 is 0.789 bits per heavy atom. The average molecular weight is 565 g/mol. The molecule has 0 unspecified atom stereocenters. The van der Waals surface area contributed by atoms with Gasteiger partial charge in [-0.2, -0.15) is 8.75 Å². The van der Waals surface area contributed by atoms with Gasteiger partial charge >= 0.3 is 0 Å². The van der Waals surface area contributed by atoms with Crippen molar-refractivity contribution in [3.05, 3.63) is 77.1 Å². The minimum atomic E-state index is -2.18. The smallest absolute Gasteiger partial charge is 0.257 e. The SMILES string of the molecule is O=C(NC(=S)Nc1ccc(N2CCN(c3c(F)c(F)c(F)c(F)c3F)CC2)cc1)c1ccc2nsnc2c1. The second kappa shape index (κ2) is 10.5. The molecule has 7 nitrogen and oxygen atoms in total.